The fraction of sp³-hybridized carbons (Fsp3) is 1.00. The molecule has 0 saturated carbocycles. The molecule has 0 saturated heterocycles. The topological polar surface area (TPSA) is 3.24 Å². The van der Waals surface area contributed by atoms with Gasteiger partial charge in [-0.05, 0) is 53.3 Å². The van der Waals surface area contributed by atoms with Crippen molar-refractivity contribution in [2.24, 2.45) is 34.0 Å². The SMILES string of the molecule is CC(C)CC(C)(C)CN(CC(C)(C)CC(C)C)CC(C)(C)CC(C)C. The summed E-state index contributed by atoms with van der Waals surface area (Å²) in [7, 11) is 0. The van der Waals surface area contributed by atoms with Gasteiger partial charge in [0.1, 0.15) is 0 Å². The second-order valence-corrected chi connectivity index (χ2v) is 12.4. The van der Waals surface area contributed by atoms with Gasteiger partial charge in [0.15, 0.2) is 0 Å². The summed E-state index contributed by atoms with van der Waals surface area (Å²) in [6.45, 7) is 32.6. The summed E-state index contributed by atoms with van der Waals surface area (Å²) in [5, 5.41) is 0. The second-order valence-electron chi connectivity index (χ2n) is 12.4. The van der Waals surface area contributed by atoms with Gasteiger partial charge < -0.3 is 4.90 Å². The van der Waals surface area contributed by atoms with E-state index in [1.165, 1.54) is 38.9 Å². The first-order valence-electron chi connectivity index (χ1n) is 10.8. The van der Waals surface area contributed by atoms with E-state index in [0.29, 0.717) is 16.2 Å². The summed E-state index contributed by atoms with van der Waals surface area (Å²) in [5.41, 5.74) is 1.15. The van der Waals surface area contributed by atoms with Crippen molar-refractivity contribution in [2.75, 3.05) is 19.6 Å². The van der Waals surface area contributed by atoms with Crippen LogP contribution in [0.1, 0.15) is 102 Å². The van der Waals surface area contributed by atoms with Crippen LogP contribution in [0.3, 0.4) is 0 Å². The lowest BCUT2D eigenvalue weighted by Crippen LogP contribution is -2.45. The van der Waals surface area contributed by atoms with Crippen LogP contribution in [0.2, 0.25) is 0 Å². The van der Waals surface area contributed by atoms with Gasteiger partial charge in [0.25, 0.3) is 0 Å². The number of rotatable bonds is 12. The van der Waals surface area contributed by atoms with Crippen molar-refractivity contribution in [2.45, 2.75) is 102 Å². The van der Waals surface area contributed by atoms with Crippen LogP contribution in [0.25, 0.3) is 0 Å². The Bertz CT molecular complexity index is 303. The Hall–Kier alpha value is -0.0400. The average molecular weight is 354 g/mol. The third-order valence-electron chi connectivity index (χ3n) is 4.84. The van der Waals surface area contributed by atoms with E-state index in [9.17, 15) is 0 Å². The number of nitrogens with zero attached hydrogens (tertiary/aromatic N) is 1. The predicted molar refractivity (Wildman–Crippen MR) is 116 cm³/mol. The Morgan fingerprint density at radius 3 is 0.840 bits per heavy atom. The summed E-state index contributed by atoms with van der Waals surface area (Å²) in [4.78, 5) is 2.80. The van der Waals surface area contributed by atoms with Gasteiger partial charge in [-0.15, -0.1) is 0 Å². The van der Waals surface area contributed by atoms with Crippen molar-refractivity contribution >= 4 is 0 Å². The van der Waals surface area contributed by atoms with E-state index >= 15 is 0 Å². The third kappa shape index (κ3) is 12.9. The summed E-state index contributed by atoms with van der Waals surface area (Å²) in [5.74, 6) is 2.30. The summed E-state index contributed by atoms with van der Waals surface area (Å²) >= 11 is 0. The summed E-state index contributed by atoms with van der Waals surface area (Å²) in [6, 6.07) is 0. The molecule has 0 rings (SSSR count). The van der Waals surface area contributed by atoms with Crippen LogP contribution in [0.5, 0.6) is 0 Å². The Balaban J connectivity index is 5.23. The molecule has 1 nitrogen and oxygen atoms in total. The minimum absolute atomic E-state index is 0.385. The molecular weight excluding hydrogens is 302 g/mol. The van der Waals surface area contributed by atoms with Crippen LogP contribution in [-0.2, 0) is 0 Å². The van der Waals surface area contributed by atoms with Gasteiger partial charge in [-0.25, -0.2) is 0 Å². The molecule has 0 spiro atoms. The zero-order valence-electron chi connectivity index (χ0n) is 19.9. The molecule has 0 heterocycles. The molecule has 1 heteroatoms. The van der Waals surface area contributed by atoms with Crippen LogP contribution >= 0.6 is 0 Å². The molecule has 0 aromatic rings. The second kappa shape index (κ2) is 9.77. The predicted octanol–water partition coefficient (Wildman–Crippen LogP) is 7.51. The zero-order valence-corrected chi connectivity index (χ0v) is 19.9. The van der Waals surface area contributed by atoms with E-state index < -0.39 is 0 Å². The molecular formula is C24H51N. The maximum atomic E-state index is 2.80. The Morgan fingerprint density at radius 2 is 0.680 bits per heavy atom. The maximum Gasteiger partial charge on any atom is 0.00332 e. The lowest BCUT2D eigenvalue weighted by molar-refractivity contribution is 0.0632. The molecule has 0 aromatic heterocycles. The van der Waals surface area contributed by atoms with E-state index in [1.807, 2.05) is 0 Å². The smallest absolute Gasteiger partial charge is 0.00332 e. The molecule has 0 amide bonds. The van der Waals surface area contributed by atoms with Crippen LogP contribution in [0, 0.1) is 34.0 Å². The highest BCUT2D eigenvalue weighted by molar-refractivity contribution is 4.84. The molecule has 0 bridgehead atoms. The molecule has 0 unspecified atom stereocenters. The fourth-order valence-corrected chi connectivity index (χ4v) is 5.49. The van der Waals surface area contributed by atoms with E-state index in [4.69, 9.17) is 0 Å². The molecule has 0 aliphatic rings. The summed E-state index contributed by atoms with van der Waals surface area (Å²) < 4.78 is 0. The normalized spacial score (nSPS) is 14.4. The van der Waals surface area contributed by atoms with Gasteiger partial charge in [-0.3, -0.25) is 0 Å². The molecule has 0 aromatic carbocycles. The third-order valence-corrected chi connectivity index (χ3v) is 4.84. The Labute approximate surface area is 161 Å². The highest BCUT2D eigenvalue weighted by Gasteiger charge is 2.31. The van der Waals surface area contributed by atoms with Crippen molar-refractivity contribution in [3.05, 3.63) is 0 Å². The molecule has 0 atom stereocenters. The largest absolute Gasteiger partial charge is 0.302 e. The highest BCUT2D eigenvalue weighted by Crippen LogP contribution is 2.34. The van der Waals surface area contributed by atoms with Gasteiger partial charge >= 0.3 is 0 Å². The molecule has 0 aliphatic heterocycles. The van der Waals surface area contributed by atoms with E-state index in [0.717, 1.165) is 17.8 Å². The summed E-state index contributed by atoms with van der Waals surface area (Å²) in [6.07, 6.45) is 3.91. The fourth-order valence-electron chi connectivity index (χ4n) is 5.49. The van der Waals surface area contributed by atoms with Crippen molar-refractivity contribution in [3.63, 3.8) is 0 Å². The van der Waals surface area contributed by atoms with E-state index in [1.54, 1.807) is 0 Å². The first kappa shape index (κ1) is 25.0. The first-order valence-corrected chi connectivity index (χ1v) is 10.8. The van der Waals surface area contributed by atoms with Crippen LogP contribution in [0.15, 0.2) is 0 Å². The van der Waals surface area contributed by atoms with Crippen molar-refractivity contribution < 1.29 is 0 Å². The van der Waals surface area contributed by atoms with Crippen molar-refractivity contribution in [1.29, 1.82) is 0 Å². The lowest BCUT2D eigenvalue weighted by Gasteiger charge is -2.42. The van der Waals surface area contributed by atoms with E-state index in [-0.39, 0.29) is 0 Å². The van der Waals surface area contributed by atoms with Gasteiger partial charge in [-0.2, -0.15) is 0 Å². The average Bonchev–Trinajstić information content (AvgIpc) is 2.18. The van der Waals surface area contributed by atoms with Gasteiger partial charge in [-0.1, -0.05) is 83.1 Å². The van der Waals surface area contributed by atoms with E-state index in [2.05, 4.69) is 88.0 Å². The minimum Gasteiger partial charge on any atom is -0.302 e. The van der Waals surface area contributed by atoms with Crippen LogP contribution in [0.4, 0.5) is 0 Å². The highest BCUT2D eigenvalue weighted by atomic mass is 15.1. The molecule has 152 valence electrons. The molecule has 0 N–H and O–H groups in total. The standard InChI is InChI=1S/C24H51N/c1-19(2)13-22(7,8)16-25(17-23(9,10)14-20(3)4)18-24(11,12)15-21(5)6/h19-21H,13-18H2,1-12H3. The number of hydrogen-bond acceptors (Lipinski definition) is 1. The Kier molecular flexibility index (Phi) is 9.75. The first-order chi connectivity index (χ1) is 11.0. The van der Waals surface area contributed by atoms with Gasteiger partial charge in [0.05, 0.1) is 0 Å². The minimum atomic E-state index is 0.385. The van der Waals surface area contributed by atoms with Crippen LogP contribution in [-0.4, -0.2) is 24.5 Å². The lowest BCUT2D eigenvalue weighted by atomic mass is 9.78. The maximum absolute atomic E-state index is 2.80. The van der Waals surface area contributed by atoms with Gasteiger partial charge in [0.2, 0.25) is 0 Å². The van der Waals surface area contributed by atoms with Gasteiger partial charge in [0, 0.05) is 19.6 Å². The Morgan fingerprint density at radius 1 is 0.480 bits per heavy atom. The molecule has 25 heavy (non-hydrogen) atoms. The number of hydrogen-bond donors (Lipinski definition) is 0. The quantitative estimate of drug-likeness (QED) is 0.351. The van der Waals surface area contributed by atoms with Crippen LogP contribution < -0.4 is 0 Å². The van der Waals surface area contributed by atoms with Crippen molar-refractivity contribution in [1.82, 2.24) is 4.90 Å². The molecule has 0 fully saturated rings. The monoisotopic (exact) mass is 353 g/mol. The van der Waals surface area contributed by atoms with Crippen molar-refractivity contribution in [3.8, 4) is 0 Å². The zero-order chi connectivity index (χ0) is 20.1. The molecule has 0 radical (unpaired) electrons. The molecule has 0 aliphatic carbocycles.